The lowest BCUT2D eigenvalue weighted by atomic mass is 9.89. The zero-order chi connectivity index (χ0) is 15.2. The molecule has 1 saturated carbocycles. The molecule has 0 radical (unpaired) electrons. The summed E-state index contributed by atoms with van der Waals surface area (Å²) < 4.78 is 5.49. The Morgan fingerprint density at radius 3 is 2.50 bits per heavy atom. The molecule has 0 aromatic heterocycles. The largest absolute Gasteiger partial charge is 0.501 e. The number of hydrogen-bond donors (Lipinski definition) is 0. The van der Waals surface area contributed by atoms with Crippen molar-refractivity contribution in [2.45, 2.75) is 11.3 Å². The fourth-order valence-electron chi connectivity index (χ4n) is 3.79. The highest BCUT2D eigenvalue weighted by Crippen LogP contribution is 2.67. The second-order valence-electron chi connectivity index (χ2n) is 5.87. The summed E-state index contributed by atoms with van der Waals surface area (Å²) in [6.45, 7) is 0.688. The molecule has 0 saturated heterocycles. The van der Waals surface area contributed by atoms with Gasteiger partial charge in [0, 0.05) is 29.4 Å². The molecule has 4 heteroatoms. The predicted octanol–water partition coefficient (Wildman–Crippen LogP) is 3.79. The van der Waals surface area contributed by atoms with Crippen LogP contribution in [-0.4, -0.2) is 11.5 Å². The molecule has 3 atom stereocenters. The molecule has 2 aliphatic rings. The smallest absolute Gasteiger partial charge is 0.269 e. The maximum absolute atomic E-state index is 10.8. The third kappa shape index (κ3) is 1.77. The van der Waals surface area contributed by atoms with Gasteiger partial charge in [-0.05, 0) is 17.2 Å². The summed E-state index contributed by atoms with van der Waals surface area (Å²) >= 11 is 0. The molecule has 1 fully saturated rings. The molecule has 0 bridgehead atoms. The number of allylic oxidation sites excluding steroid dienone is 1. The topological polar surface area (TPSA) is 52.4 Å². The van der Waals surface area contributed by atoms with Gasteiger partial charge in [0.1, 0.15) is 0 Å². The van der Waals surface area contributed by atoms with Gasteiger partial charge < -0.3 is 4.74 Å². The highest BCUT2D eigenvalue weighted by Gasteiger charge is 2.65. The van der Waals surface area contributed by atoms with E-state index in [1.54, 1.807) is 18.4 Å². The molecule has 110 valence electrons. The van der Waals surface area contributed by atoms with E-state index >= 15 is 0 Å². The first-order valence-corrected chi connectivity index (χ1v) is 7.32. The molecule has 0 amide bonds. The molecule has 0 spiro atoms. The molecule has 1 heterocycles. The number of hydrogen-bond acceptors (Lipinski definition) is 3. The Bertz CT molecular complexity index is 739. The van der Waals surface area contributed by atoms with Crippen LogP contribution in [0.2, 0.25) is 0 Å². The summed E-state index contributed by atoms with van der Waals surface area (Å²) in [5.74, 6) is 0.760. The summed E-state index contributed by atoms with van der Waals surface area (Å²) in [6, 6.07) is 17.3. The normalized spacial score (nSPS) is 28.5. The highest BCUT2D eigenvalue weighted by atomic mass is 16.6. The summed E-state index contributed by atoms with van der Waals surface area (Å²) in [7, 11) is 0. The van der Waals surface area contributed by atoms with Gasteiger partial charge in [-0.1, -0.05) is 42.5 Å². The van der Waals surface area contributed by atoms with Gasteiger partial charge >= 0.3 is 0 Å². The minimum atomic E-state index is -0.361. The van der Waals surface area contributed by atoms with Crippen LogP contribution in [0.5, 0.6) is 0 Å². The van der Waals surface area contributed by atoms with Gasteiger partial charge in [-0.15, -0.1) is 0 Å². The van der Waals surface area contributed by atoms with Crippen molar-refractivity contribution >= 4 is 5.69 Å². The summed E-state index contributed by atoms with van der Waals surface area (Å²) in [5, 5.41) is 10.8. The van der Waals surface area contributed by atoms with Crippen LogP contribution in [0.25, 0.3) is 0 Å². The lowest BCUT2D eigenvalue weighted by molar-refractivity contribution is -0.384. The Balaban J connectivity index is 1.76. The number of non-ortho nitro benzene ring substituents is 1. The van der Waals surface area contributed by atoms with Crippen molar-refractivity contribution in [3.63, 3.8) is 0 Å². The van der Waals surface area contributed by atoms with Gasteiger partial charge in [-0.25, -0.2) is 0 Å². The van der Waals surface area contributed by atoms with E-state index in [1.165, 1.54) is 5.56 Å². The number of nitro benzene ring substituents is 1. The fraction of sp³-hybridized carbons (Fsp3) is 0.222. The molecule has 1 aliphatic carbocycles. The zero-order valence-corrected chi connectivity index (χ0v) is 11.9. The van der Waals surface area contributed by atoms with E-state index in [4.69, 9.17) is 4.74 Å². The standard InChI is InChI=1S/C18H15NO3/c20-19(21)15-8-6-14(7-9-15)18-10-11-22-12-16(18)17(18)13-4-2-1-3-5-13/h1-11,16-17H,12H2/t16-,17-,18+/m0/s1. The van der Waals surface area contributed by atoms with Crippen molar-refractivity contribution in [2.75, 3.05) is 6.61 Å². The van der Waals surface area contributed by atoms with Crippen LogP contribution in [0, 0.1) is 16.0 Å². The Morgan fingerprint density at radius 2 is 1.82 bits per heavy atom. The van der Waals surface area contributed by atoms with Gasteiger partial charge in [0.2, 0.25) is 0 Å². The average Bonchev–Trinajstić information content (AvgIpc) is 3.26. The van der Waals surface area contributed by atoms with Crippen molar-refractivity contribution in [1.82, 2.24) is 0 Å². The van der Waals surface area contributed by atoms with Gasteiger partial charge in [0.15, 0.2) is 0 Å². The predicted molar refractivity (Wildman–Crippen MR) is 82.5 cm³/mol. The van der Waals surface area contributed by atoms with E-state index in [-0.39, 0.29) is 16.0 Å². The number of ether oxygens (including phenoxy) is 1. The van der Waals surface area contributed by atoms with Crippen LogP contribution in [0.1, 0.15) is 17.0 Å². The molecule has 4 nitrogen and oxygen atoms in total. The minimum absolute atomic E-state index is 0.0886. The third-order valence-corrected chi connectivity index (χ3v) is 4.87. The number of nitrogens with zero attached hydrogens (tertiary/aromatic N) is 1. The maximum Gasteiger partial charge on any atom is 0.269 e. The van der Waals surface area contributed by atoms with Gasteiger partial charge in [-0.3, -0.25) is 10.1 Å². The van der Waals surface area contributed by atoms with Crippen LogP contribution < -0.4 is 0 Å². The van der Waals surface area contributed by atoms with Gasteiger partial charge in [0.25, 0.3) is 5.69 Å². The minimum Gasteiger partial charge on any atom is -0.501 e. The lowest BCUT2D eigenvalue weighted by Gasteiger charge is -2.17. The second kappa shape index (κ2) is 4.70. The first-order valence-electron chi connectivity index (χ1n) is 7.32. The van der Waals surface area contributed by atoms with E-state index in [0.717, 1.165) is 5.56 Å². The Labute approximate surface area is 128 Å². The van der Waals surface area contributed by atoms with Crippen LogP contribution in [0.15, 0.2) is 66.9 Å². The van der Waals surface area contributed by atoms with Crippen LogP contribution in [-0.2, 0) is 10.2 Å². The Morgan fingerprint density at radius 1 is 1.09 bits per heavy atom. The number of benzene rings is 2. The van der Waals surface area contributed by atoms with Crippen LogP contribution in [0.3, 0.4) is 0 Å². The van der Waals surface area contributed by atoms with Gasteiger partial charge in [-0.2, -0.15) is 0 Å². The molecule has 4 rings (SSSR count). The summed E-state index contributed by atoms with van der Waals surface area (Å²) in [4.78, 5) is 10.5. The summed E-state index contributed by atoms with van der Waals surface area (Å²) in [6.07, 6.45) is 3.88. The van der Waals surface area contributed by atoms with E-state index in [0.29, 0.717) is 18.4 Å². The maximum atomic E-state index is 10.8. The Kier molecular flexibility index (Phi) is 2.79. The fourth-order valence-corrected chi connectivity index (χ4v) is 3.79. The molecule has 2 aromatic carbocycles. The van der Waals surface area contributed by atoms with Crippen molar-refractivity contribution < 1.29 is 9.66 Å². The van der Waals surface area contributed by atoms with Crippen molar-refractivity contribution in [2.24, 2.45) is 5.92 Å². The SMILES string of the molecule is O=[N+]([O-])c1ccc([C@]23C=COC[C@H]2[C@@H]3c2ccccc2)cc1. The molecular weight excluding hydrogens is 278 g/mol. The second-order valence-corrected chi connectivity index (χ2v) is 5.87. The average molecular weight is 293 g/mol. The van der Waals surface area contributed by atoms with Crippen molar-refractivity contribution in [1.29, 1.82) is 0 Å². The molecule has 1 aliphatic heterocycles. The Hall–Kier alpha value is -2.62. The molecule has 0 N–H and O–H groups in total. The number of nitro groups is 1. The van der Waals surface area contributed by atoms with E-state index in [9.17, 15) is 10.1 Å². The van der Waals surface area contributed by atoms with Crippen LogP contribution in [0.4, 0.5) is 5.69 Å². The van der Waals surface area contributed by atoms with E-state index < -0.39 is 0 Å². The first kappa shape index (κ1) is 13.1. The number of fused-ring (bicyclic) bond motifs is 1. The van der Waals surface area contributed by atoms with E-state index in [2.05, 4.69) is 18.2 Å². The molecule has 22 heavy (non-hydrogen) atoms. The number of rotatable bonds is 3. The zero-order valence-electron chi connectivity index (χ0n) is 11.9. The summed E-state index contributed by atoms with van der Waals surface area (Å²) in [5.41, 5.74) is 2.46. The third-order valence-electron chi connectivity index (χ3n) is 4.87. The van der Waals surface area contributed by atoms with Crippen molar-refractivity contribution in [3.05, 3.63) is 88.2 Å². The van der Waals surface area contributed by atoms with E-state index in [1.807, 2.05) is 30.3 Å². The molecule has 0 unspecified atom stereocenters. The van der Waals surface area contributed by atoms with Crippen LogP contribution >= 0.6 is 0 Å². The monoisotopic (exact) mass is 293 g/mol. The first-order chi connectivity index (χ1) is 10.7. The van der Waals surface area contributed by atoms with Gasteiger partial charge in [0.05, 0.1) is 17.8 Å². The molecule has 2 aromatic rings. The highest BCUT2D eigenvalue weighted by molar-refractivity contribution is 5.53. The molecular formula is C18H15NO3. The van der Waals surface area contributed by atoms with Crippen molar-refractivity contribution in [3.8, 4) is 0 Å². The lowest BCUT2D eigenvalue weighted by Crippen LogP contribution is -2.14. The quantitative estimate of drug-likeness (QED) is 0.639.